The Morgan fingerprint density at radius 1 is 1.67 bits per heavy atom. The minimum absolute atomic E-state index is 0.0987. The monoisotopic (exact) mass is 170 g/mol. The molecule has 1 saturated heterocycles. The molecule has 1 amide bonds. The van der Waals surface area contributed by atoms with Crippen molar-refractivity contribution in [2.75, 3.05) is 20.1 Å². The largest absolute Gasteiger partial charge is 0.344 e. The summed E-state index contributed by atoms with van der Waals surface area (Å²) in [7, 11) is 1.88. The summed E-state index contributed by atoms with van der Waals surface area (Å²) in [6.07, 6.45) is 3.18. The average molecular weight is 170 g/mol. The Bertz CT molecular complexity index is 153. The normalized spacial score (nSPS) is 22.7. The Hall–Kier alpha value is -0.570. The number of hydrogen-bond acceptors (Lipinski definition) is 2. The van der Waals surface area contributed by atoms with Gasteiger partial charge in [0.05, 0.1) is 6.04 Å². The SMILES string of the molecule is CCCN(C)C(=O)[C@H]1CCCN1. The molecular formula is C9H18N2O. The molecule has 1 heterocycles. The predicted molar refractivity (Wildman–Crippen MR) is 49.0 cm³/mol. The van der Waals surface area contributed by atoms with Crippen molar-refractivity contribution < 1.29 is 4.79 Å². The van der Waals surface area contributed by atoms with Crippen LogP contribution >= 0.6 is 0 Å². The standard InChI is InChI=1S/C9H18N2O/c1-3-7-11(2)9(12)8-5-4-6-10-8/h8,10H,3-7H2,1-2H3/t8-/m1/s1. The summed E-state index contributed by atoms with van der Waals surface area (Å²) in [6, 6.07) is 0.0987. The molecule has 1 rings (SSSR count). The molecule has 1 N–H and O–H groups in total. The van der Waals surface area contributed by atoms with E-state index in [9.17, 15) is 4.79 Å². The van der Waals surface area contributed by atoms with Gasteiger partial charge in [-0.1, -0.05) is 6.92 Å². The number of hydrogen-bond donors (Lipinski definition) is 1. The van der Waals surface area contributed by atoms with Crippen LogP contribution in [0.25, 0.3) is 0 Å². The van der Waals surface area contributed by atoms with Gasteiger partial charge < -0.3 is 10.2 Å². The van der Waals surface area contributed by atoms with Crippen LogP contribution in [0.3, 0.4) is 0 Å². The van der Waals surface area contributed by atoms with E-state index in [1.165, 1.54) is 0 Å². The maximum Gasteiger partial charge on any atom is 0.239 e. The van der Waals surface area contributed by atoms with Crippen molar-refractivity contribution in [3.05, 3.63) is 0 Å². The molecule has 1 aliphatic rings. The third-order valence-electron chi connectivity index (χ3n) is 2.29. The van der Waals surface area contributed by atoms with Gasteiger partial charge in [-0.05, 0) is 25.8 Å². The minimum atomic E-state index is 0.0987. The highest BCUT2D eigenvalue weighted by molar-refractivity contribution is 5.81. The summed E-state index contributed by atoms with van der Waals surface area (Å²) in [4.78, 5) is 13.4. The second-order valence-electron chi connectivity index (χ2n) is 3.41. The molecule has 0 aromatic rings. The zero-order valence-electron chi connectivity index (χ0n) is 7.97. The van der Waals surface area contributed by atoms with E-state index >= 15 is 0 Å². The van der Waals surface area contributed by atoms with E-state index in [2.05, 4.69) is 12.2 Å². The van der Waals surface area contributed by atoms with Crippen molar-refractivity contribution in [3.63, 3.8) is 0 Å². The number of amides is 1. The fourth-order valence-corrected chi connectivity index (χ4v) is 1.61. The molecule has 0 aliphatic carbocycles. The molecule has 0 bridgehead atoms. The maximum atomic E-state index is 11.6. The quantitative estimate of drug-likeness (QED) is 0.673. The summed E-state index contributed by atoms with van der Waals surface area (Å²) in [6.45, 7) is 3.96. The van der Waals surface area contributed by atoms with Crippen LogP contribution in [0.5, 0.6) is 0 Å². The highest BCUT2D eigenvalue weighted by Crippen LogP contribution is 2.07. The molecule has 3 heteroatoms. The number of carbonyl (C=O) groups excluding carboxylic acids is 1. The van der Waals surface area contributed by atoms with E-state index < -0.39 is 0 Å². The number of likely N-dealkylation sites (N-methyl/N-ethyl adjacent to an activating group) is 1. The molecule has 0 spiro atoms. The third kappa shape index (κ3) is 2.21. The molecule has 12 heavy (non-hydrogen) atoms. The number of rotatable bonds is 3. The van der Waals surface area contributed by atoms with Crippen molar-refractivity contribution in [3.8, 4) is 0 Å². The van der Waals surface area contributed by atoms with E-state index in [-0.39, 0.29) is 11.9 Å². The van der Waals surface area contributed by atoms with Gasteiger partial charge in [0.2, 0.25) is 5.91 Å². The van der Waals surface area contributed by atoms with Crippen molar-refractivity contribution in [1.82, 2.24) is 10.2 Å². The Balaban J connectivity index is 2.34. The fourth-order valence-electron chi connectivity index (χ4n) is 1.61. The lowest BCUT2D eigenvalue weighted by Crippen LogP contribution is -2.41. The Morgan fingerprint density at radius 3 is 2.92 bits per heavy atom. The first-order valence-electron chi connectivity index (χ1n) is 4.74. The molecule has 0 saturated carbocycles. The van der Waals surface area contributed by atoms with Crippen LogP contribution in [-0.2, 0) is 4.79 Å². The van der Waals surface area contributed by atoms with Crippen LogP contribution in [0, 0.1) is 0 Å². The zero-order chi connectivity index (χ0) is 8.97. The highest BCUT2D eigenvalue weighted by Gasteiger charge is 2.24. The second kappa shape index (κ2) is 4.45. The maximum absolute atomic E-state index is 11.6. The lowest BCUT2D eigenvalue weighted by molar-refractivity contribution is -0.131. The van der Waals surface area contributed by atoms with Gasteiger partial charge in [0, 0.05) is 13.6 Å². The van der Waals surface area contributed by atoms with Gasteiger partial charge in [0.25, 0.3) is 0 Å². The summed E-state index contributed by atoms with van der Waals surface area (Å²) in [5.74, 6) is 0.259. The Morgan fingerprint density at radius 2 is 2.42 bits per heavy atom. The van der Waals surface area contributed by atoms with Crippen molar-refractivity contribution in [2.24, 2.45) is 0 Å². The number of carbonyl (C=O) groups is 1. The first kappa shape index (κ1) is 9.52. The molecule has 1 atom stereocenters. The summed E-state index contributed by atoms with van der Waals surface area (Å²) < 4.78 is 0. The van der Waals surface area contributed by atoms with Gasteiger partial charge in [-0.2, -0.15) is 0 Å². The Kier molecular flexibility index (Phi) is 3.53. The van der Waals surface area contributed by atoms with Gasteiger partial charge in [0.15, 0.2) is 0 Å². The minimum Gasteiger partial charge on any atom is -0.344 e. The van der Waals surface area contributed by atoms with Crippen LogP contribution in [0.15, 0.2) is 0 Å². The first-order chi connectivity index (χ1) is 5.75. The van der Waals surface area contributed by atoms with Gasteiger partial charge in [-0.25, -0.2) is 0 Å². The summed E-state index contributed by atoms with van der Waals surface area (Å²) in [5.41, 5.74) is 0. The number of nitrogens with one attached hydrogen (secondary N) is 1. The molecule has 0 aromatic carbocycles. The van der Waals surface area contributed by atoms with E-state index in [1.807, 2.05) is 11.9 Å². The number of nitrogens with zero attached hydrogens (tertiary/aromatic N) is 1. The lowest BCUT2D eigenvalue weighted by atomic mass is 10.2. The zero-order valence-corrected chi connectivity index (χ0v) is 7.97. The van der Waals surface area contributed by atoms with Crippen LogP contribution < -0.4 is 5.32 Å². The van der Waals surface area contributed by atoms with Crippen LogP contribution in [-0.4, -0.2) is 37.0 Å². The molecular weight excluding hydrogens is 152 g/mol. The van der Waals surface area contributed by atoms with Gasteiger partial charge in [-0.3, -0.25) is 4.79 Å². The predicted octanol–water partition coefficient (Wildman–Crippen LogP) is 0.607. The summed E-state index contributed by atoms with van der Waals surface area (Å²) in [5, 5.41) is 3.20. The van der Waals surface area contributed by atoms with E-state index in [1.54, 1.807) is 0 Å². The fraction of sp³-hybridized carbons (Fsp3) is 0.889. The molecule has 70 valence electrons. The molecule has 0 radical (unpaired) electrons. The molecule has 1 aliphatic heterocycles. The molecule has 0 unspecified atom stereocenters. The van der Waals surface area contributed by atoms with Gasteiger partial charge in [-0.15, -0.1) is 0 Å². The topological polar surface area (TPSA) is 32.3 Å². The molecule has 1 fully saturated rings. The van der Waals surface area contributed by atoms with E-state index in [0.717, 1.165) is 32.4 Å². The van der Waals surface area contributed by atoms with Crippen LogP contribution in [0.4, 0.5) is 0 Å². The first-order valence-corrected chi connectivity index (χ1v) is 4.74. The van der Waals surface area contributed by atoms with Gasteiger partial charge >= 0.3 is 0 Å². The summed E-state index contributed by atoms with van der Waals surface area (Å²) >= 11 is 0. The lowest BCUT2D eigenvalue weighted by Gasteiger charge is -2.20. The van der Waals surface area contributed by atoms with Gasteiger partial charge in [0.1, 0.15) is 0 Å². The van der Waals surface area contributed by atoms with Crippen molar-refractivity contribution in [1.29, 1.82) is 0 Å². The Labute approximate surface area is 74.1 Å². The van der Waals surface area contributed by atoms with Crippen molar-refractivity contribution in [2.45, 2.75) is 32.2 Å². The second-order valence-corrected chi connectivity index (χ2v) is 3.41. The highest BCUT2D eigenvalue weighted by atomic mass is 16.2. The van der Waals surface area contributed by atoms with Crippen LogP contribution in [0.2, 0.25) is 0 Å². The van der Waals surface area contributed by atoms with E-state index in [0.29, 0.717) is 0 Å². The van der Waals surface area contributed by atoms with Crippen molar-refractivity contribution >= 4 is 5.91 Å². The average Bonchev–Trinajstić information content (AvgIpc) is 2.55. The van der Waals surface area contributed by atoms with E-state index in [4.69, 9.17) is 0 Å². The third-order valence-corrected chi connectivity index (χ3v) is 2.29. The smallest absolute Gasteiger partial charge is 0.239 e. The van der Waals surface area contributed by atoms with Crippen LogP contribution in [0.1, 0.15) is 26.2 Å². The molecule has 0 aromatic heterocycles. The molecule has 3 nitrogen and oxygen atoms in total.